The fourth-order valence-electron chi connectivity index (χ4n) is 3.60. The van der Waals surface area contributed by atoms with Gasteiger partial charge in [-0.1, -0.05) is 26.7 Å². The van der Waals surface area contributed by atoms with Crippen molar-refractivity contribution in [2.45, 2.75) is 58.9 Å². The molecule has 1 heterocycles. The summed E-state index contributed by atoms with van der Waals surface area (Å²) >= 11 is 0. The van der Waals surface area contributed by atoms with Crippen LogP contribution in [0.2, 0.25) is 0 Å². The van der Waals surface area contributed by atoms with E-state index in [-0.39, 0.29) is 0 Å². The maximum Gasteiger partial charge on any atom is 0.0537 e. The lowest BCUT2D eigenvalue weighted by Gasteiger charge is -2.32. The number of nitrogens with one attached hydrogen (secondary N) is 1. The summed E-state index contributed by atoms with van der Waals surface area (Å²) < 4.78 is 1.88. The molecule has 1 atom stereocenters. The maximum atomic E-state index is 4.26. The van der Waals surface area contributed by atoms with Gasteiger partial charge in [-0.15, -0.1) is 0 Å². The largest absolute Gasteiger partial charge is 0.310 e. The highest BCUT2D eigenvalue weighted by molar-refractivity contribution is 5.09. The fourth-order valence-corrected chi connectivity index (χ4v) is 3.60. The molecular formula is C16H29N3. The van der Waals surface area contributed by atoms with E-state index in [1.165, 1.54) is 37.7 Å². The quantitative estimate of drug-likeness (QED) is 0.848. The molecule has 1 aromatic rings. The number of rotatable bonds is 6. The first-order valence-corrected chi connectivity index (χ1v) is 7.73. The van der Waals surface area contributed by atoms with Gasteiger partial charge in [-0.05, 0) is 37.5 Å². The number of aryl methyl sites for hydroxylation is 1. The van der Waals surface area contributed by atoms with Crippen LogP contribution in [0, 0.1) is 11.3 Å². The van der Waals surface area contributed by atoms with E-state index in [9.17, 15) is 0 Å². The summed E-state index contributed by atoms with van der Waals surface area (Å²) in [5.41, 5.74) is 1.84. The molecule has 1 aliphatic carbocycles. The van der Waals surface area contributed by atoms with Gasteiger partial charge in [-0.25, -0.2) is 0 Å². The lowest BCUT2D eigenvalue weighted by Crippen LogP contribution is -2.34. The zero-order valence-corrected chi connectivity index (χ0v) is 12.9. The van der Waals surface area contributed by atoms with E-state index >= 15 is 0 Å². The minimum Gasteiger partial charge on any atom is -0.310 e. The first kappa shape index (κ1) is 14.6. The number of nitrogens with zero attached hydrogens (tertiary/aromatic N) is 2. The van der Waals surface area contributed by atoms with E-state index in [2.05, 4.69) is 37.4 Å². The Morgan fingerprint density at radius 1 is 1.32 bits per heavy atom. The van der Waals surface area contributed by atoms with Crippen LogP contribution in [0.4, 0.5) is 0 Å². The summed E-state index contributed by atoms with van der Waals surface area (Å²) in [5, 5.41) is 8.01. The molecule has 0 amide bonds. The molecule has 1 N–H and O–H groups in total. The van der Waals surface area contributed by atoms with E-state index in [0.717, 1.165) is 12.5 Å². The average Bonchev–Trinajstić information content (AvgIpc) is 2.95. The minimum absolute atomic E-state index is 0.401. The van der Waals surface area contributed by atoms with Crippen molar-refractivity contribution in [2.75, 3.05) is 6.54 Å². The molecule has 3 heteroatoms. The van der Waals surface area contributed by atoms with Crippen LogP contribution >= 0.6 is 0 Å². The van der Waals surface area contributed by atoms with Crippen molar-refractivity contribution < 1.29 is 0 Å². The van der Waals surface area contributed by atoms with Crippen molar-refractivity contribution in [3.63, 3.8) is 0 Å². The summed E-state index contributed by atoms with van der Waals surface area (Å²) in [6, 6.07) is 0.401. The van der Waals surface area contributed by atoms with Crippen LogP contribution in [0.15, 0.2) is 12.4 Å². The molecule has 3 nitrogen and oxygen atoms in total. The van der Waals surface area contributed by atoms with Crippen molar-refractivity contribution in [3.05, 3.63) is 18.0 Å². The van der Waals surface area contributed by atoms with Gasteiger partial charge >= 0.3 is 0 Å². The number of hydrogen-bond donors (Lipinski definition) is 1. The Labute approximate surface area is 117 Å². The number of hydrogen-bond acceptors (Lipinski definition) is 2. The predicted molar refractivity (Wildman–Crippen MR) is 80.0 cm³/mol. The Morgan fingerprint density at radius 3 is 2.53 bits per heavy atom. The zero-order valence-electron chi connectivity index (χ0n) is 12.9. The summed E-state index contributed by atoms with van der Waals surface area (Å²) in [6.45, 7) is 8.10. The molecule has 0 aliphatic heterocycles. The SMILES string of the molecule is CC(C)CC1(CNC(C)c2cnn(C)c2)CCCC1. The summed E-state index contributed by atoms with van der Waals surface area (Å²) in [7, 11) is 1.98. The molecule has 1 aliphatic rings. The second-order valence-corrected chi connectivity index (χ2v) is 6.86. The molecule has 19 heavy (non-hydrogen) atoms. The predicted octanol–water partition coefficient (Wildman–Crippen LogP) is 3.68. The smallest absolute Gasteiger partial charge is 0.0537 e. The molecule has 2 rings (SSSR count). The monoisotopic (exact) mass is 263 g/mol. The lowest BCUT2D eigenvalue weighted by atomic mass is 9.78. The molecule has 0 saturated heterocycles. The van der Waals surface area contributed by atoms with Gasteiger partial charge < -0.3 is 5.32 Å². The molecule has 108 valence electrons. The van der Waals surface area contributed by atoms with Crippen molar-refractivity contribution in [3.8, 4) is 0 Å². The minimum atomic E-state index is 0.401. The molecule has 1 unspecified atom stereocenters. The molecule has 1 aromatic heterocycles. The summed E-state index contributed by atoms with van der Waals surface area (Å²) in [6.07, 6.45) is 11.1. The van der Waals surface area contributed by atoms with E-state index < -0.39 is 0 Å². The first-order valence-electron chi connectivity index (χ1n) is 7.73. The Kier molecular flexibility index (Phi) is 4.67. The van der Waals surface area contributed by atoms with Crippen LogP contribution in [-0.4, -0.2) is 16.3 Å². The average molecular weight is 263 g/mol. The molecule has 1 saturated carbocycles. The third-order valence-corrected chi connectivity index (χ3v) is 4.51. The van der Waals surface area contributed by atoms with E-state index in [1.807, 2.05) is 17.9 Å². The first-order chi connectivity index (χ1) is 9.01. The zero-order chi connectivity index (χ0) is 13.9. The standard InChI is InChI=1S/C16H29N3/c1-13(2)9-16(7-5-6-8-16)12-17-14(3)15-10-18-19(4)11-15/h10-11,13-14,17H,5-9,12H2,1-4H3. The second kappa shape index (κ2) is 6.08. The highest BCUT2D eigenvalue weighted by Crippen LogP contribution is 2.42. The van der Waals surface area contributed by atoms with Gasteiger partial charge in [0.25, 0.3) is 0 Å². The second-order valence-electron chi connectivity index (χ2n) is 6.86. The summed E-state index contributed by atoms with van der Waals surface area (Å²) in [4.78, 5) is 0. The van der Waals surface area contributed by atoms with Gasteiger partial charge in [-0.2, -0.15) is 5.10 Å². The molecule has 0 radical (unpaired) electrons. The van der Waals surface area contributed by atoms with E-state index in [1.54, 1.807) is 0 Å². The van der Waals surface area contributed by atoms with Crippen LogP contribution in [0.3, 0.4) is 0 Å². The van der Waals surface area contributed by atoms with Gasteiger partial charge in [0.05, 0.1) is 6.20 Å². The van der Waals surface area contributed by atoms with Crippen molar-refractivity contribution >= 4 is 0 Å². The van der Waals surface area contributed by atoms with Crippen LogP contribution in [-0.2, 0) is 7.05 Å². The van der Waals surface area contributed by atoms with Gasteiger partial charge in [0.2, 0.25) is 0 Å². The van der Waals surface area contributed by atoms with Gasteiger partial charge in [-0.3, -0.25) is 4.68 Å². The van der Waals surface area contributed by atoms with Crippen molar-refractivity contribution in [1.82, 2.24) is 15.1 Å². The topological polar surface area (TPSA) is 29.9 Å². The third kappa shape index (κ3) is 3.82. The molecular weight excluding hydrogens is 234 g/mol. The fraction of sp³-hybridized carbons (Fsp3) is 0.812. The maximum absolute atomic E-state index is 4.26. The van der Waals surface area contributed by atoms with Gasteiger partial charge in [0.15, 0.2) is 0 Å². The van der Waals surface area contributed by atoms with Crippen molar-refractivity contribution in [2.24, 2.45) is 18.4 Å². The summed E-state index contributed by atoms with van der Waals surface area (Å²) in [5.74, 6) is 0.800. The highest BCUT2D eigenvalue weighted by Gasteiger charge is 2.34. The third-order valence-electron chi connectivity index (χ3n) is 4.51. The van der Waals surface area contributed by atoms with Crippen LogP contribution in [0.1, 0.15) is 64.5 Å². The Morgan fingerprint density at radius 2 is 2.00 bits per heavy atom. The normalized spacial score (nSPS) is 20.1. The number of aromatic nitrogens is 2. The van der Waals surface area contributed by atoms with E-state index in [0.29, 0.717) is 11.5 Å². The Balaban J connectivity index is 1.91. The molecule has 0 aromatic carbocycles. The van der Waals surface area contributed by atoms with Crippen LogP contribution < -0.4 is 5.32 Å². The van der Waals surface area contributed by atoms with Gasteiger partial charge in [0.1, 0.15) is 0 Å². The van der Waals surface area contributed by atoms with Crippen LogP contribution in [0.5, 0.6) is 0 Å². The Bertz CT molecular complexity index is 388. The van der Waals surface area contributed by atoms with Gasteiger partial charge in [0, 0.05) is 31.4 Å². The highest BCUT2D eigenvalue weighted by atomic mass is 15.2. The lowest BCUT2D eigenvalue weighted by molar-refractivity contribution is 0.217. The van der Waals surface area contributed by atoms with Crippen molar-refractivity contribution in [1.29, 1.82) is 0 Å². The molecule has 1 fully saturated rings. The van der Waals surface area contributed by atoms with Crippen LogP contribution in [0.25, 0.3) is 0 Å². The Hall–Kier alpha value is -0.830. The molecule has 0 spiro atoms. The molecule has 0 bridgehead atoms. The van der Waals surface area contributed by atoms with E-state index in [4.69, 9.17) is 0 Å².